The number of phenols is 1. The molecule has 0 bridgehead atoms. The molecule has 0 aliphatic carbocycles. The van der Waals surface area contributed by atoms with E-state index in [1.165, 1.54) is 0 Å². The molecule has 0 radical (unpaired) electrons. The molecule has 4 atom stereocenters. The zero-order valence-electron chi connectivity index (χ0n) is 27.7. The number of hydrogen-bond donors (Lipinski definition) is 8. The Balaban J connectivity index is 1.67. The first-order valence-electron chi connectivity index (χ1n) is 16.4. The molecule has 1 fully saturated rings. The van der Waals surface area contributed by atoms with Crippen LogP contribution in [-0.4, -0.2) is 90.6 Å². The Labute approximate surface area is 285 Å². The number of benzene rings is 3. The van der Waals surface area contributed by atoms with E-state index in [1.807, 2.05) is 42.5 Å². The summed E-state index contributed by atoms with van der Waals surface area (Å²) in [5.74, 6) is -2.01. The van der Waals surface area contributed by atoms with E-state index in [0.717, 1.165) is 21.9 Å². The van der Waals surface area contributed by atoms with Crippen LogP contribution in [0.5, 0.6) is 5.75 Å². The number of nitrogens with zero attached hydrogens (tertiary/aromatic N) is 2. The molecule has 11 N–H and O–H groups in total. The molecule has 0 saturated carbocycles. The van der Waals surface area contributed by atoms with Gasteiger partial charge >= 0.3 is 0 Å². The predicted molar refractivity (Wildman–Crippen MR) is 188 cm³/mol. The smallest absolute Gasteiger partial charge is 0.243 e. The van der Waals surface area contributed by atoms with Crippen LogP contribution in [0, 0.1) is 0 Å². The summed E-state index contributed by atoms with van der Waals surface area (Å²) >= 11 is 0. The highest BCUT2D eigenvalue weighted by molar-refractivity contribution is 5.94. The van der Waals surface area contributed by atoms with Crippen molar-refractivity contribution >= 4 is 40.4 Å². The molecular formula is C35H47N9O5. The van der Waals surface area contributed by atoms with E-state index < -0.39 is 47.9 Å². The summed E-state index contributed by atoms with van der Waals surface area (Å²) in [5.41, 5.74) is 18.4. The number of rotatable bonds is 11. The summed E-state index contributed by atoms with van der Waals surface area (Å²) in [6.07, 6.45) is 1.17. The molecule has 3 aromatic carbocycles. The topological polar surface area (TPSA) is 230 Å². The third-order valence-electron chi connectivity index (χ3n) is 8.55. The molecule has 1 aliphatic rings. The van der Waals surface area contributed by atoms with E-state index in [-0.39, 0.29) is 44.1 Å². The SMILES string of the molecule is CN1[C@H](CCCN)C(=O)N[C@@H](CCCN=C(N)N)C(=O)N[C@@H](Cc2ccc3ccccc3c2)C(=O)NCC(=O)N[C@@H]1Cc1ccc(O)cc1. The standard InChI is InChI=1S/C35H47N9O5/c1-44-29(9-4-16-36)34(49)41-27(8-5-17-39-35(37)38)33(48)42-28(19-23-10-13-24-6-2-3-7-25(24)18-23)32(47)40-21-31(46)43-30(44)20-22-11-14-26(45)15-12-22/h2-3,6-7,10-15,18,27-30,45H,4-5,8-9,16-17,19-21,36H2,1H3,(H,40,47)(H,41,49)(H,42,48)(H,43,46)(H4,37,38,39)/t27-,28-,29+,30-/m0/s1. The number of likely N-dealkylation sites (N-methyl/N-ethyl adjacent to an activating group) is 1. The van der Waals surface area contributed by atoms with Crippen LogP contribution in [-0.2, 0) is 32.0 Å². The lowest BCUT2D eigenvalue weighted by Crippen LogP contribution is -2.61. The Morgan fingerprint density at radius 2 is 1.51 bits per heavy atom. The van der Waals surface area contributed by atoms with E-state index in [9.17, 15) is 24.3 Å². The number of carbonyl (C=O) groups is 4. The van der Waals surface area contributed by atoms with E-state index in [4.69, 9.17) is 17.2 Å². The largest absolute Gasteiger partial charge is 0.508 e. The second kappa shape index (κ2) is 17.8. The first-order valence-corrected chi connectivity index (χ1v) is 16.4. The fraction of sp³-hybridized carbons (Fsp3) is 0.400. The molecule has 49 heavy (non-hydrogen) atoms. The third-order valence-corrected chi connectivity index (χ3v) is 8.55. The van der Waals surface area contributed by atoms with Gasteiger partial charge in [-0.15, -0.1) is 0 Å². The average molecular weight is 674 g/mol. The molecule has 262 valence electrons. The lowest BCUT2D eigenvalue weighted by Gasteiger charge is -2.36. The highest BCUT2D eigenvalue weighted by atomic mass is 16.3. The fourth-order valence-electron chi connectivity index (χ4n) is 5.85. The predicted octanol–water partition coefficient (Wildman–Crippen LogP) is -0.0348. The monoisotopic (exact) mass is 673 g/mol. The Bertz CT molecular complexity index is 1630. The molecule has 1 aliphatic heterocycles. The summed E-state index contributed by atoms with van der Waals surface area (Å²) in [6, 6.07) is 17.3. The maximum atomic E-state index is 14.0. The van der Waals surface area contributed by atoms with Crippen molar-refractivity contribution in [2.24, 2.45) is 22.2 Å². The van der Waals surface area contributed by atoms with Gasteiger partial charge in [0.2, 0.25) is 23.6 Å². The first kappa shape index (κ1) is 36.6. The third kappa shape index (κ3) is 10.9. The van der Waals surface area contributed by atoms with E-state index in [0.29, 0.717) is 25.8 Å². The normalized spacial score (nSPS) is 21.2. The lowest BCUT2D eigenvalue weighted by atomic mass is 10.00. The average Bonchev–Trinajstić information content (AvgIpc) is 3.08. The van der Waals surface area contributed by atoms with Gasteiger partial charge in [0.15, 0.2) is 5.96 Å². The van der Waals surface area contributed by atoms with Crippen LogP contribution in [0.4, 0.5) is 0 Å². The van der Waals surface area contributed by atoms with Crippen molar-refractivity contribution in [2.75, 3.05) is 26.7 Å². The van der Waals surface area contributed by atoms with E-state index in [1.54, 1.807) is 36.2 Å². The van der Waals surface area contributed by atoms with Crippen LogP contribution in [0.15, 0.2) is 71.7 Å². The summed E-state index contributed by atoms with van der Waals surface area (Å²) in [6.45, 7) is 0.211. The second-order valence-electron chi connectivity index (χ2n) is 12.2. The summed E-state index contributed by atoms with van der Waals surface area (Å²) < 4.78 is 0. The molecule has 14 heteroatoms. The van der Waals surface area contributed by atoms with Crippen LogP contribution < -0.4 is 38.5 Å². The zero-order valence-corrected chi connectivity index (χ0v) is 27.7. The molecule has 3 aromatic rings. The maximum Gasteiger partial charge on any atom is 0.243 e. The van der Waals surface area contributed by atoms with Crippen molar-refractivity contribution in [3.05, 3.63) is 77.9 Å². The zero-order chi connectivity index (χ0) is 35.3. The number of hydrogen-bond acceptors (Lipinski definition) is 8. The Morgan fingerprint density at radius 3 is 2.22 bits per heavy atom. The van der Waals surface area contributed by atoms with Gasteiger partial charge in [0.05, 0.1) is 18.8 Å². The minimum absolute atomic E-state index is 0.0863. The lowest BCUT2D eigenvalue weighted by molar-refractivity contribution is -0.136. The van der Waals surface area contributed by atoms with E-state index in [2.05, 4.69) is 26.3 Å². The summed E-state index contributed by atoms with van der Waals surface area (Å²) in [4.78, 5) is 60.5. The number of phenolic OH excluding ortho intramolecular Hbond substituents is 1. The minimum atomic E-state index is -1.05. The Hall–Kier alpha value is -5.21. The van der Waals surface area contributed by atoms with Crippen molar-refractivity contribution in [3.63, 3.8) is 0 Å². The van der Waals surface area contributed by atoms with Gasteiger partial charge in [-0.25, -0.2) is 0 Å². The van der Waals surface area contributed by atoms with Crippen LogP contribution in [0.3, 0.4) is 0 Å². The maximum absolute atomic E-state index is 14.0. The van der Waals surface area contributed by atoms with Crippen molar-refractivity contribution in [2.45, 2.75) is 62.8 Å². The minimum Gasteiger partial charge on any atom is -0.508 e. The van der Waals surface area contributed by atoms with Crippen LogP contribution in [0.1, 0.15) is 36.8 Å². The Morgan fingerprint density at radius 1 is 0.816 bits per heavy atom. The van der Waals surface area contributed by atoms with Gasteiger partial charge in [0.1, 0.15) is 17.8 Å². The molecule has 14 nitrogen and oxygen atoms in total. The summed E-state index contributed by atoms with van der Waals surface area (Å²) in [5, 5.41) is 23.2. The van der Waals surface area contributed by atoms with Gasteiger partial charge < -0.3 is 43.6 Å². The van der Waals surface area contributed by atoms with Gasteiger partial charge in [-0.1, -0.05) is 54.6 Å². The second-order valence-corrected chi connectivity index (χ2v) is 12.2. The van der Waals surface area contributed by atoms with Gasteiger partial charge in [0, 0.05) is 19.4 Å². The van der Waals surface area contributed by atoms with Crippen molar-refractivity contribution in [3.8, 4) is 5.75 Å². The van der Waals surface area contributed by atoms with Gasteiger partial charge in [-0.2, -0.15) is 0 Å². The highest BCUT2D eigenvalue weighted by Crippen LogP contribution is 2.19. The van der Waals surface area contributed by atoms with E-state index >= 15 is 0 Å². The Kier molecular flexibility index (Phi) is 13.3. The highest BCUT2D eigenvalue weighted by Gasteiger charge is 2.34. The van der Waals surface area contributed by atoms with Crippen molar-refractivity contribution < 1.29 is 24.3 Å². The number of fused-ring (bicyclic) bond motifs is 1. The van der Waals surface area contributed by atoms with Crippen LogP contribution >= 0.6 is 0 Å². The molecule has 0 unspecified atom stereocenters. The van der Waals surface area contributed by atoms with Crippen molar-refractivity contribution in [1.82, 2.24) is 26.2 Å². The van der Waals surface area contributed by atoms with Gasteiger partial charge in [-0.3, -0.25) is 29.1 Å². The van der Waals surface area contributed by atoms with Gasteiger partial charge in [0.25, 0.3) is 0 Å². The first-order chi connectivity index (χ1) is 23.5. The number of aliphatic imine (C=N–C) groups is 1. The number of guanidine groups is 1. The van der Waals surface area contributed by atoms with Crippen LogP contribution in [0.25, 0.3) is 10.8 Å². The number of aromatic hydroxyl groups is 1. The number of amides is 4. The van der Waals surface area contributed by atoms with Gasteiger partial charge in [-0.05, 0) is 73.3 Å². The molecule has 1 heterocycles. The number of carbonyl (C=O) groups excluding carboxylic acids is 4. The molecule has 4 amide bonds. The fourth-order valence-corrected chi connectivity index (χ4v) is 5.85. The quantitative estimate of drug-likeness (QED) is 0.0775. The number of nitrogens with one attached hydrogen (secondary N) is 4. The van der Waals surface area contributed by atoms with Crippen LogP contribution in [0.2, 0.25) is 0 Å². The van der Waals surface area contributed by atoms with Crippen molar-refractivity contribution in [1.29, 1.82) is 0 Å². The molecule has 1 saturated heterocycles. The molecule has 0 spiro atoms. The molecular weight excluding hydrogens is 626 g/mol. The summed E-state index contributed by atoms with van der Waals surface area (Å²) in [7, 11) is 1.71. The molecule has 4 rings (SSSR count). The number of nitrogens with two attached hydrogens (primary N) is 3. The molecule has 0 aromatic heterocycles.